The van der Waals surface area contributed by atoms with Crippen LogP contribution in [0.5, 0.6) is 0 Å². The molecule has 2 heterocycles. The summed E-state index contributed by atoms with van der Waals surface area (Å²) in [5, 5.41) is 11.7. The van der Waals surface area contributed by atoms with E-state index in [2.05, 4.69) is 5.32 Å². The van der Waals surface area contributed by atoms with Crippen LogP contribution in [-0.4, -0.2) is 49.1 Å². The Balaban J connectivity index is 1.60. The molecule has 0 bridgehead atoms. The molecule has 2 aromatic rings. The summed E-state index contributed by atoms with van der Waals surface area (Å²) in [4.78, 5) is 49.5. The van der Waals surface area contributed by atoms with E-state index < -0.39 is 23.6 Å². The Morgan fingerprint density at radius 3 is 2.45 bits per heavy atom. The number of hydrogen-bond donors (Lipinski definition) is 2. The van der Waals surface area contributed by atoms with Crippen LogP contribution in [0.3, 0.4) is 0 Å². The molecule has 0 radical (unpaired) electrons. The van der Waals surface area contributed by atoms with Crippen molar-refractivity contribution in [3.63, 3.8) is 0 Å². The monoisotopic (exact) mass is 458 g/mol. The van der Waals surface area contributed by atoms with E-state index in [1.165, 1.54) is 9.47 Å². The van der Waals surface area contributed by atoms with Crippen LogP contribution < -0.4 is 11.0 Å². The number of rotatable bonds is 8. The van der Waals surface area contributed by atoms with Crippen LogP contribution in [0.2, 0.25) is 0 Å². The van der Waals surface area contributed by atoms with Gasteiger partial charge in [0.05, 0.1) is 11.0 Å². The average Bonchev–Trinajstić information content (AvgIpc) is 2.96. The zero-order valence-corrected chi connectivity index (χ0v) is 19.9. The summed E-state index contributed by atoms with van der Waals surface area (Å²) in [5.74, 6) is -0.737. The maximum absolute atomic E-state index is 12.8. The summed E-state index contributed by atoms with van der Waals surface area (Å²) in [6.07, 6.45) is 4.25. The SMILES string of the molecule is Cn1c(=O)n(C2CCC(=O)NC2=O)c2ccc(CCCCCCN(C(=O)O)C(C)(C)C)cc21. The molecule has 1 aromatic carbocycles. The number of carbonyl (C=O) groups is 3. The molecular weight excluding hydrogens is 424 g/mol. The molecule has 180 valence electrons. The van der Waals surface area contributed by atoms with Crippen LogP contribution in [0.4, 0.5) is 4.79 Å². The Morgan fingerprint density at radius 2 is 1.82 bits per heavy atom. The van der Waals surface area contributed by atoms with Gasteiger partial charge in [0.2, 0.25) is 11.8 Å². The van der Waals surface area contributed by atoms with Crippen molar-refractivity contribution < 1.29 is 19.5 Å². The number of nitrogens with one attached hydrogen (secondary N) is 1. The zero-order valence-electron chi connectivity index (χ0n) is 19.9. The van der Waals surface area contributed by atoms with E-state index in [1.807, 2.05) is 39.0 Å². The molecular formula is C24H34N4O5. The third-order valence-corrected chi connectivity index (χ3v) is 6.31. The van der Waals surface area contributed by atoms with Crippen LogP contribution in [0.15, 0.2) is 23.0 Å². The van der Waals surface area contributed by atoms with Crippen molar-refractivity contribution in [2.24, 2.45) is 7.05 Å². The molecule has 1 aliphatic rings. The van der Waals surface area contributed by atoms with E-state index in [4.69, 9.17) is 0 Å². The van der Waals surface area contributed by atoms with E-state index in [9.17, 15) is 24.3 Å². The second kappa shape index (κ2) is 9.80. The highest BCUT2D eigenvalue weighted by Crippen LogP contribution is 2.24. The second-order valence-electron chi connectivity index (χ2n) is 9.77. The van der Waals surface area contributed by atoms with Gasteiger partial charge < -0.3 is 10.0 Å². The molecule has 0 spiro atoms. The Morgan fingerprint density at radius 1 is 1.12 bits per heavy atom. The van der Waals surface area contributed by atoms with Crippen LogP contribution in [0.25, 0.3) is 11.0 Å². The second-order valence-corrected chi connectivity index (χ2v) is 9.77. The number of piperidine rings is 1. The van der Waals surface area contributed by atoms with Gasteiger partial charge in [0.1, 0.15) is 6.04 Å². The number of hydrogen-bond acceptors (Lipinski definition) is 4. The lowest BCUT2D eigenvalue weighted by Crippen LogP contribution is -2.45. The molecule has 2 N–H and O–H groups in total. The van der Waals surface area contributed by atoms with Crippen molar-refractivity contribution in [3.8, 4) is 0 Å². The van der Waals surface area contributed by atoms with Crippen LogP contribution in [0, 0.1) is 0 Å². The third-order valence-electron chi connectivity index (χ3n) is 6.31. The van der Waals surface area contributed by atoms with Gasteiger partial charge in [-0.25, -0.2) is 9.59 Å². The highest BCUT2D eigenvalue weighted by Gasteiger charge is 2.31. The molecule has 9 heteroatoms. The zero-order chi connectivity index (χ0) is 24.3. The predicted molar refractivity (Wildman–Crippen MR) is 125 cm³/mol. The van der Waals surface area contributed by atoms with E-state index in [0.29, 0.717) is 18.5 Å². The fourth-order valence-electron chi connectivity index (χ4n) is 4.46. The first-order valence-electron chi connectivity index (χ1n) is 11.5. The number of benzene rings is 1. The van der Waals surface area contributed by atoms with Gasteiger partial charge in [-0.3, -0.25) is 24.0 Å². The number of aryl methyl sites for hydroxylation is 2. The first kappa shape index (κ1) is 24.5. The standard InChI is InChI=1S/C24H34N4O5/c1-24(2,3)27(23(32)33)14-8-6-5-7-9-16-10-11-17-19(15-16)26(4)22(31)28(17)18-12-13-20(29)25-21(18)30/h10-11,15,18H,5-9,12-14H2,1-4H3,(H,32,33)(H,25,29,30). The molecule has 1 aliphatic heterocycles. The molecule has 1 atom stereocenters. The Labute approximate surface area is 193 Å². The van der Waals surface area contributed by atoms with Gasteiger partial charge in [0, 0.05) is 25.6 Å². The smallest absolute Gasteiger partial charge is 0.407 e. The van der Waals surface area contributed by atoms with E-state index >= 15 is 0 Å². The molecule has 0 aliphatic carbocycles. The molecule has 9 nitrogen and oxygen atoms in total. The maximum atomic E-state index is 12.8. The van der Waals surface area contributed by atoms with Gasteiger partial charge in [-0.2, -0.15) is 0 Å². The van der Waals surface area contributed by atoms with E-state index in [0.717, 1.165) is 43.2 Å². The predicted octanol–water partition coefficient (Wildman–Crippen LogP) is 3.20. The Kier molecular flexibility index (Phi) is 7.29. The molecule has 0 saturated carbocycles. The summed E-state index contributed by atoms with van der Waals surface area (Å²) in [6.45, 7) is 6.23. The first-order chi connectivity index (χ1) is 15.5. The van der Waals surface area contributed by atoms with Gasteiger partial charge in [-0.15, -0.1) is 0 Å². The number of imide groups is 1. The van der Waals surface area contributed by atoms with Crippen molar-refractivity contribution in [1.29, 1.82) is 0 Å². The van der Waals surface area contributed by atoms with E-state index in [-0.39, 0.29) is 18.0 Å². The Bertz CT molecular complexity index is 1110. The minimum atomic E-state index is -0.884. The number of fused-ring (bicyclic) bond motifs is 1. The van der Waals surface area contributed by atoms with Gasteiger partial charge in [0.15, 0.2) is 0 Å². The van der Waals surface area contributed by atoms with Crippen LogP contribution >= 0.6 is 0 Å². The highest BCUT2D eigenvalue weighted by atomic mass is 16.4. The van der Waals surface area contributed by atoms with Crippen molar-refractivity contribution in [2.45, 2.75) is 77.3 Å². The number of carboxylic acid groups (broad SMARTS) is 1. The van der Waals surface area contributed by atoms with Crippen LogP contribution in [0.1, 0.15) is 70.9 Å². The largest absolute Gasteiger partial charge is 0.465 e. The first-order valence-corrected chi connectivity index (χ1v) is 11.5. The molecule has 1 fully saturated rings. The molecule has 1 saturated heterocycles. The number of unbranched alkanes of at least 4 members (excludes halogenated alkanes) is 3. The third kappa shape index (κ3) is 5.46. The minimum absolute atomic E-state index is 0.220. The highest BCUT2D eigenvalue weighted by molar-refractivity contribution is 6.00. The summed E-state index contributed by atoms with van der Waals surface area (Å²) in [7, 11) is 1.69. The van der Waals surface area contributed by atoms with Gasteiger partial charge in [-0.1, -0.05) is 18.9 Å². The summed E-state index contributed by atoms with van der Waals surface area (Å²) in [6, 6.07) is 5.17. The molecule has 1 aromatic heterocycles. The van der Waals surface area contributed by atoms with Crippen molar-refractivity contribution in [3.05, 3.63) is 34.2 Å². The lowest BCUT2D eigenvalue weighted by Gasteiger charge is -2.33. The summed E-state index contributed by atoms with van der Waals surface area (Å²) >= 11 is 0. The molecule has 3 rings (SSSR count). The number of carbonyl (C=O) groups excluding carboxylic acids is 2. The van der Waals surface area contributed by atoms with Gasteiger partial charge in [-0.05, 0) is 64.2 Å². The fourth-order valence-corrected chi connectivity index (χ4v) is 4.46. The average molecular weight is 459 g/mol. The minimum Gasteiger partial charge on any atom is -0.465 e. The lowest BCUT2D eigenvalue weighted by molar-refractivity contribution is -0.135. The molecule has 3 amide bonds. The quantitative estimate of drug-likeness (QED) is 0.466. The Hall–Kier alpha value is -3.10. The van der Waals surface area contributed by atoms with Crippen molar-refractivity contribution in [1.82, 2.24) is 19.4 Å². The normalized spacial score (nSPS) is 16.8. The molecule has 33 heavy (non-hydrogen) atoms. The number of amides is 3. The lowest BCUT2D eigenvalue weighted by atomic mass is 10.0. The van der Waals surface area contributed by atoms with Gasteiger partial charge in [0.25, 0.3) is 0 Å². The summed E-state index contributed by atoms with van der Waals surface area (Å²) in [5.41, 5.74) is 1.90. The topological polar surface area (TPSA) is 114 Å². The number of aromatic nitrogens is 2. The van der Waals surface area contributed by atoms with Gasteiger partial charge >= 0.3 is 11.8 Å². The number of imidazole rings is 1. The summed E-state index contributed by atoms with van der Waals surface area (Å²) < 4.78 is 3.04. The maximum Gasteiger partial charge on any atom is 0.407 e. The van der Waals surface area contributed by atoms with Crippen molar-refractivity contribution >= 4 is 28.9 Å². The number of nitrogens with zero attached hydrogens (tertiary/aromatic N) is 3. The fraction of sp³-hybridized carbons (Fsp3) is 0.583. The van der Waals surface area contributed by atoms with E-state index in [1.54, 1.807) is 11.6 Å². The van der Waals surface area contributed by atoms with Crippen LogP contribution in [-0.2, 0) is 23.1 Å². The van der Waals surface area contributed by atoms with Crippen molar-refractivity contribution in [2.75, 3.05) is 6.54 Å². The molecule has 1 unspecified atom stereocenters.